The molecule has 132 valence electrons. The molecule has 0 saturated carbocycles. The van der Waals surface area contributed by atoms with E-state index in [-0.39, 0.29) is 11.8 Å². The molecular formula is C18H21ClN4O2. The Morgan fingerprint density at radius 1 is 1.20 bits per heavy atom. The highest BCUT2D eigenvalue weighted by Gasteiger charge is 2.25. The smallest absolute Gasteiger partial charge is 0.223 e. The van der Waals surface area contributed by atoms with Gasteiger partial charge in [-0.3, -0.25) is 4.79 Å². The van der Waals surface area contributed by atoms with Crippen molar-refractivity contribution in [1.82, 2.24) is 15.5 Å². The molecule has 0 unspecified atom stereocenters. The van der Waals surface area contributed by atoms with Gasteiger partial charge in [-0.05, 0) is 42.7 Å². The van der Waals surface area contributed by atoms with Crippen LogP contribution in [0.15, 0.2) is 36.4 Å². The minimum Gasteiger partial charge on any atom is -0.497 e. The third-order valence-electron chi connectivity index (χ3n) is 4.43. The van der Waals surface area contributed by atoms with E-state index in [4.69, 9.17) is 16.3 Å². The standard InChI is InChI=1S/C18H21ClN4O2/c1-25-15-4-2-13(3-5-15)12-20-18(24)14-8-10-23(11-9-14)17-7-6-16(19)21-22-17/h2-7,14H,8-12H2,1H3,(H,20,24). The number of rotatable bonds is 5. The third kappa shape index (κ3) is 4.60. The van der Waals surface area contributed by atoms with Crippen molar-refractivity contribution in [2.45, 2.75) is 19.4 Å². The maximum Gasteiger partial charge on any atom is 0.223 e. The molecule has 1 aromatic heterocycles. The number of halogens is 1. The van der Waals surface area contributed by atoms with E-state index in [1.54, 1.807) is 13.2 Å². The molecule has 2 heterocycles. The monoisotopic (exact) mass is 360 g/mol. The number of aromatic nitrogens is 2. The zero-order valence-corrected chi connectivity index (χ0v) is 14.9. The molecule has 0 radical (unpaired) electrons. The average molecular weight is 361 g/mol. The Morgan fingerprint density at radius 3 is 2.52 bits per heavy atom. The summed E-state index contributed by atoms with van der Waals surface area (Å²) in [6.07, 6.45) is 1.61. The molecule has 1 aliphatic heterocycles. The van der Waals surface area contributed by atoms with Gasteiger partial charge in [0.1, 0.15) is 5.75 Å². The molecule has 1 N–H and O–H groups in total. The van der Waals surface area contributed by atoms with Crippen LogP contribution < -0.4 is 15.0 Å². The molecule has 7 heteroatoms. The molecule has 0 aliphatic carbocycles. The third-order valence-corrected chi connectivity index (χ3v) is 4.64. The quantitative estimate of drug-likeness (QED) is 0.887. The minimum absolute atomic E-state index is 0.0368. The summed E-state index contributed by atoms with van der Waals surface area (Å²) >= 11 is 5.77. The topological polar surface area (TPSA) is 67.3 Å². The van der Waals surface area contributed by atoms with Crippen molar-refractivity contribution in [3.05, 3.63) is 47.1 Å². The van der Waals surface area contributed by atoms with Crippen LogP contribution in [0.1, 0.15) is 18.4 Å². The van der Waals surface area contributed by atoms with Crippen molar-refractivity contribution in [2.75, 3.05) is 25.1 Å². The number of ether oxygens (including phenoxy) is 1. The molecule has 2 aromatic rings. The van der Waals surface area contributed by atoms with Crippen LogP contribution in [0.5, 0.6) is 5.75 Å². The van der Waals surface area contributed by atoms with E-state index in [9.17, 15) is 4.79 Å². The van der Waals surface area contributed by atoms with Crippen molar-refractivity contribution < 1.29 is 9.53 Å². The van der Waals surface area contributed by atoms with Crippen molar-refractivity contribution in [3.8, 4) is 5.75 Å². The summed E-state index contributed by atoms with van der Waals surface area (Å²) in [5.41, 5.74) is 1.06. The summed E-state index contributed by atoms with van der Waals surface area (Å²) in [7, 11) is 1.64. The summed E-state index contributed by atoms with van der Waals surface area (Å²) in [6, 6.07) is 11.3. The Kier molecular flexibility index (Phi) is 5.71. The number of piperidine rings is 1. The van der Waals surface area contributed by atoms with Gasteiger partial charge in [-0.25, -0.2) is 0 Å². The zero-order chi connectivity index (χ0) is 17.6. The molecule has 1 fully saturated rings. The number of hydrogen-bond donors (Lipinski definition) is 1. The van der Waals surface area contributed by atoms with Crippen LogP contribution in [0.25, 0.3) is 0 Å². The maximum atomic E-state index is 12.4. The molecule has 1 aromatic carbocycles. The highest BCUT2D eigenvalue weighted by molar-refractivity contribution is 6.29. The van der Waals surface area contributed by atoms with Crippen molar-refractivity contribution in [1.29, 1.82) is 0 Å². The number of nitrogens with one attached hydrogen (secondary N) is 1. The molecule has 6 nitrogen and oxygen atoms in total. The zero-order valence-electron chi connectivity index (χ0n) is 14.1. The van der Waals surface area contributed by atoms with Gasteiger partial charge in [-0.1, -0.05) is 23.7 Å². The number of amides is 1. The van der Waals surface area contributed by atoms with E-state index in [2.05, 4.69) is 20.4 Å². The Bertz CT molecular complexity index is 698. The molecule has 1 aliphatic rings. The molecule has 1 saturated heterocycles. The maximum absolute atomic E-state index is 12.4. The lowest BCUT2D eigenvalue weighted by molar-refractivity contribution is -0.125. The Labute approximate surface area is 152 Å². The highest BCUT2D eigenvalue weighted by atomic mass is 35.5. The number of carbonyl (C=O) groups is 1. The molecule has 1 amide bonds. The first-order valence-electron chi connectivity index (χ1n) is 8.30. The van der Waals surface area contributed by atoms with Gasteiger partial charge in [0, 0.05) is 25.6 Å². The fourth-order valence-electron chi connectivity index (χ4n) is 2.93. The second kappa shape index (κ2) is 8.16. The van der Waals surface area contributed by atoms with Gasteiger partial charge in [0.2, 0.25) is 5.91 Å². The Hall–Kier alpha value is -2.34. The summed E-state index contributed by atoms with van der Waals surface area (Å²) in [6.45, 7) is 2.11. The summed E-state index contributed by atoms with van der Waals surface area (Å²) < 4.78 is 5.13. The van der Waals surface area contributed by atoms with E-state index >= 15 is 0 Å². The van der Waals surface area contributed by atoms with Crippen LogP contribution in [0.4, 0.5) is 5.82 Å². The number of methoxy groups -OCH3 is 1. The molecular weight excluding hydrogens is 340 g/mol. The van der Waals surface area contributed by atoms with E-state index in [0.29, 0.717) is 11.7 Å². The van der Waals surface area contributed by atoms with E-state index in [1.807, 2.05) is 30.3 Å². The minimum atomic E-state index is 0.0368. The van der Waals surface area contributed by atoms with E-state index in [1.165, 1.54) is 0 Å². The van der Waals surface area contributed by atoms with Crippen molar-refractivity contribution in [2.24, 2.45) is 5.92 Å². The number of carbonyl (C=O) groups excluding carboxylic acids is 1. The normalized spacial score (nSPS) is 15.0. The Balaban J connectivity index is 1.47. The molecule has 25 heavy (non-hydrogen) atoms. The summed E-state index contributed by atoms with van der Waals surface area (Å²) in [5, 5.41) is 11.4. The lowest BCUT2D eigenvalue weighted by Crippen LogP contribution is -2.40. The molecule has 3 rings (SSSR count). The predicted molar refractivity (Wildman–Crippen MR) is 96.8 cm³/mol. The van der Waals surface area contributed by atoms with Gasteiger partial charge >= 0.3 is 0 Å². The van der Waals surface area contributed by atoms with Crippen molar-refractivity contribution >= 4 is 23.3 Å². The first kappa shape index (κ1) is 17.5. The molecule has 0 spiro atoms. The van der Waals surface area contributed by atoms with Gasteiger partial charge in [0.25, 0.3) is 0 Å². The lowest BCUT2D eigenvalue weighted by atomic mass is 9.96. The van der Waals surface area contributed by atoms with Crippen LogP contribution in [0.3, 0.4) is 0 Å². The first-order valence-corrected chi connectivity index (χ1v) is 8.68. The number of nitrogens with zero attached hydrogens (tertiary/aromatic N) is 3. The van der Waals surface area contributed by atoms with E-state index in [0.717, 1.165) is 43.1 Å². The first-order chi connectivity index (χ1) is 12.2. The van der Waals surface area contributed by atoms with E-state index < -0.39 is 0 Å². The highest BCUT2D eigenvalue weighted by Crippen LogP contribution is 2.22. The largest absolute Gasteiger partial charge is 0.497 e. The SMILES string of the molecule is COc1ccc(CNC(=O)C2CCN(c3ccc(Cl)nn3)CC2)cc1. The van der Waals surface area contributed by atoms with Crippen LogP contribution in [-0.2, 0) is 11.3 Å². The molecule has 0 atom stereocenters. The fraction of sp³-hybridized carbons (Fsp3) is 0.389. The number of benzene rings is 1. The van der Waals surface area contributed by atoms with Gasteiger partial charge < -0.3 is 15.0 Å². The summed E-state index contributed by atoms with van der Waals surface area (Å²) in [5.74, 6) is 1.77. The van der Waals surface area contributed by atoms with Gasteiger partial charge in [0.15, 0.2) is 11.0 Å². The fourth-order valence-corrected chi connectivity index (χ4v) is 3.03. The van der Waals surface area contributed by atoms with Crippen LogP contribution in [-0.4, -0.2) is 36.3 Å². The summed E-state index contributed by atoms with van der Waals surface area (Å²) in [4.78, 5) is 14.5. The lowest BCUT2D eigenvalue weighted by Gasteiger charge is -2.31. The number of hydrogen-bond acceptors (Lipinski definition) is 5. The number of anilines is 1. The predicted octanol–water partition coefficient (Wildman–Crippen LogP) is 2.67. The second-order valence-electron chi connectivity index (χ2n) is 6.04. The van der Waals surface area contributed by atoms with Gasteiger partial charge in [-0.15, -0.1) is 10.2 Å². The van der Waals surface area contributed by atoms with Crippen molar-refractivity contribution in [3.63, 3.8) is 0 Å². The second-order valence-corrected chi connectivity index (χ2v) is 6.43. The average Bonchev–Trinajstić information content (AvgIpc) is 2.67. The van der Waals surface area contributed by atoms with Crippen LogP contribution in [0, 0.1) is 5.92 Å². The Morgan fingerprint density at radius 2 is 1.92 bits per heavy atom. The molecule has 0 bridgehead atoms. The van der Waals surface area contributed by atoms with Crippen LogP contribution >= 0.6 is 11.6 Å². The van der Waals surface area contributed by atoms with Gasteiger partial charge in [-0.2, -0.15) is 0 Å². The van der Waals surface area contributed by atoms with Gasteiger partial charge in [0.05, 0.1) is 7.11 Å². The van der Waals surface area contributed by atoms with Crippen LogP contribution in [0.2, 0.25) is 5.15 Å².